The molecule has 2 heterocycles. The fourth-order valence-electron chi connectivity index (χ4n) is 2.29. The summed E-state index contributed by atoms with van der Waals surface area (Å²) in [5.74, 6) is -0.0853. The van der Waals surface area contributed by atoms with Crippen molar-refractivity contribution in [3.8, 4) is 0 Å². The van der Waals surface area contributed by atoms with E-state index < -0.39 is 26.7 Å². The van der Waals surface area contributed by atoms with E-state index in [0.29, 0.717) is 18.3 Å². The van der Waals surface area contributed by atoms with Gasteiger partial charge in [-0.3, -0.25) is 14.4 Å². The van der Waals surface area contributed by atoms with E-state index in [1.807, 2.05) is 0 Å². The number of nitrogens with one attached hydrogen (secondary N) is 1. The summed E-state index contributed by atoms with van der Waals surface area (Å²) in [6.07, 6.45) is -1.68. The number of benzene rings is 1. The molecule has 0 radical (unpaired) electrons. The van der Waals surface area contributed by atoms with E-state index in [0.717, 1.165) is 12.1 Å². The molecule has 0 aliphatic rings. The molecule has 0 aliphatic carbocycles. The lowest BCUT2D eigenvalue weighted by Gasteiger charge is -2.13. The molecule has 6 nitrogen and oxygen atoms in total. The minimum Gasteiger partial charge on any atom is -0.265 e. The Labute approximate surface area is 147 Å². The van der Waals surface area contributed by atoms with Gasteiger partial charge in [0.1, 0.15) is 0 Å². The zero-order valence-electron chi connectivity index (χ0n) is 13.2. The van der Waals surface area contributed by atoms with Gasteiger partial charge in [-0.25, -0.2) is 8.42 Å². The molecule has 0 saturated heterocycles. The van der Waals surface area contributed by atoms with Gasteiger partial charge < -0.3 is 0 Å². The molecule has 0 atom stereocenters. The van der Waals surface area contributed by atoms with Crippen LogP contribution >= 0.6 is 0 Å². The molecule has 0 fully saturated rings. The van der Waals surface area contributed by atoms with Gasteiger partial charge in [-0.05, 0) is 24.3 Å². The van der Waals surface area contributed by atoms with Crippen molar-refractivity contribution in [3.05, 3.63) is 72.2 Å². The Morgan fingerprint density at radius 1 is 1.04 bits per heavy atom. The summed E-state index contributed by atoms with van der Waals surface area (Å²) >= 11 is 0. The summed E-state index contributed by atoms with van der Waals surface area (Å²) in [5.41, 5.74) is -0.534. The summed E-state index contributed by atoms with van der Waals surface area (Å²) in [6, 6.07) is 10.6. The predicted molar refractivity (Wildman–Crippen MR) is 87.8 cm³/mol. The Morgan fingerprint density at radius 2 is 1.77 bits per heavy atom. The first-order valence-electron chi connectivity index (χ1n) is 7.38. The van der Waals surface area contributed by atoms with Crippen molar-refractivity contribution in [3.63, 3.8) is 0 Å². The Hall–Kier alpha value is -2.88. The van der Waals surface area contributed by atoms with Crippen LogP contribution in [0, 0.1) is 0 Å². The molecule has 26 heavy (non-hydrogen) atoms. The van der Waals surface area contributed by atoms with E-state index in [9.17, 15) is 21.6 Å². The van der Waals surface area contributed by atoms with Gasteiger partial charge in [0, 0.05) is 18.5 Å². The van der Waals surface area contributed by atoms with E-state index in [1.165, 1.54) is 23.0 Å². The molecule has 3 rings (SSSR count). The van der Waals surface area contributed by atoms with Crippen LogP contribution in [0.25, 0.3) is 0 Å². The molecular weight excluding hydrogens is 369 g/mol. The molecule has 3 aromatic rings. The maximum absolute atomic E-state index is 13.0. The topological polar surface area (TPSA) is 76.9 Å². The van der Waals surface area contributed by atoms with Gasteiger partial charge >= 0.3 is 6.18 Å². The molecule has 2 aromatic heterocycles. The Bertz CT molecular complexity index is 1000. The SMILES string of the molecule is O=S(=O)(Nc1ccn(Cc2ccccn2)n1)c1ccccc1C(F)(F)F. The minimum atomic E-state index is -4.79. The normalized spacial score (nSPS) is 12.1. The van der Waals surface area contributed by atoms with Crippen molar-refractivity contribution in [1.82, 2.24) is 14.8 Å². The van der Waals surface area contributed by atoms with Crippen LogP contribution in [-0.2, 0) is 22.7 Å². The van der Waals surface area contributed by atoms with E-state index >= 15 is 0 Å². The van der Waals surface area contributed by atoms with Gasteiger partial charge in [0.2, 0.25) is 0 Å². The number of alkyl halides is 3. The largest absolute Gasteiger partial charge is 0.417 e. The number of aromatic nitrogens is 3. The van der Waals surface area contributed by atoms with E-state index in [4.69, 9.17) is 0 Å². The van der Waals surface area contributed by atoms with E-state index in [1.54, 1.807) is 24.4 Å². The van der Waals surface area contributed by atoms with Crippen molar-refractivity contribution in [2.45, 2.75) is 17.6 Å². The third-order valence-electron chi connectivity index (χ3n) is 3.41. The third kappa shape index (κ3) is 4.02. The van der Waals surface area contributed by atoms with Gasteiger partial charge in [-0.1, -0.05) is 18.2 Å². The van der Waals surface area contributed by atoms with Crippen molar-refractivity contribution in [2.75, 3.05) is 4.72 Å². The molecule has 1 N–H and O–H groups in total. The molecule has 0 spiro atoms. The molecule has 0 bridgehead atoms. The maximum atomic E-state index is 13.0. The van der Waals surface area contributed by atoms with Crippen LogP contribution < -0.4 is 4.72 Å². The lowest BCUT2D eigenvalue weighted by atomic mass is 10.2. The summed E-state index contributed by atoms with van der Waals surface area (Å²) in [5, 5.41) is 4.01. The second kappa shape index (κ2) is 6.79. The van der Waals surface area contributed by atoms with Crippen LogP contribution in [0.5, 0.6) is 0 Å². The van der Waals surface area contributed by atoms with Gasteiger partial charge in [0.15, 0.2) is 5.82 Å². The number of anilines is 1. The number of hydrogen-bond donors (Lipinski definition) is 1. The van der Waals surface area contributed by atoms with Crippen LogP contribution in [-0.4, -0.2) is 23.2 Å². The number of pyridine rings is 1. The standard InChI is InChI=1S/C16H13F3N4O2S/c17-16(18,19)13-6-1-2-7-14(13)26(24,25)22-15-8-10-23(21-15)11-12-5-3-4-9-20-12/h1-10H,11H2,(H,21,22). The summed E-state index contributed by atoms with van der Waals surface area (Å²) < 4.78 is 67.4. The minimum absolute atomic E-state index is 0.0853. The van der Waals surface area contributed by atoms with Crippen molar-refractivity contribution in [2.24, 2.45) is 0 Å². The second-order valence-electron chi connectivity index (χ2n) is 5.32. The van der Waals surface area contributed by atoms with Crippen LogP contribution in [0.3, 0.4) is 0 Å². The van der Waals surface area contributed by atoms with Crippen LogP contribution in [0.1, 0.15) is 11.3 Å². The van der Waals surface area contributed by atoms with E-state index in [2.05, 4.69) is 14.8 Å². The third-order valence-corrected chi connectivity index (χ3v) is 4.82. The number of sulfonamides is 1. The van der Waals surface area contributed by atoms with Crippen LogP contribution in [0.2, 0.25) is 0 Å². The average Bonchev–Trinajstić information content (AvgIpc) is 3.01. The van der Waals surface area contributed by atoms with Gasteiger partial charge in [0.25, 0.3) is 10.0 Å². The number of halogens is 3. The lowest BCUT2D eigenvalue weighted by molar-refractivity contribution is -0.139. The van der Waals surface area contributed by atoms with Gasteiger partial charge in [-0.2, -0.15) is 18.3 Å². The van der Waals surface area contributed by atoms with Crippen LogP contribution in [0.4, 0.5) is 19.0 Å². The molecular formula is C16H13F3N4O2S. The van der Waals surface area contributed by atoms with Gasteiger partial charge in [0.05, 0.1) is 22.7 Å². The molecule has 0 aliphatic heterocycles. The quantitative estimate of drug-likeness (QED) is 0.736. The Balaban J connectivity index is 1.83. The summed E-state index contributed by atoms with van der Waals surface area (Å²) in [4.78, 5) is 3.26. The highest BCUT2D eigenvalue weighted by molar-refractivity contribution is 7.92. The first-order valence-corrected chi connectivity index (χ1v) is 8.86. The monoisotopic (exact) mass is 382 g/mol. The van der Waals surface area contributed by atoms with Crippen LogP contribution in [0.15, 0.2) is 65.8 Å². The molecule has 136 valence electrons. The highest BCUT2D eigenvalue weighted by Gasteiger charge is 2.37. The van der Waals surface area contributed by atoms with Crippen molar-refractivity contribution >= 4 is 15.8 Å². The average molecular weight is 382 g/mol. The van der Waals surface area contributed by atoms with E-state index in [-0.39, 0.29) is 5.82 Å². The van der Waals surface area contributed by atoms with Gasteiger partial charge in [-0.15, -0.1) is 0 Å². The highest BCUT2D eigenvalue weighted by atomic mass is 32.2. The first kappa shape index (κ1) is 17.9. The molecule has 0 saturated carbocycles. The summed E-state index contributed by atoms with van der Waals surface area (Å²) in [7, 11) is -4.45. The highest BCUT2D eigenvalue weighted by Crippen LogP contribution is 2.34. The number of nitrogens with zero attached hydrogens (tertiary/aromatic N) is 3. The number of rotatable bonds is 5. The van der Waals surface area contributed by atoms with Crippen molar-refractivity contribution in [1.29, 1.82) is 0 Å². The zero-order valence-corrected chi connectivity index (χ0v) is 14.0. The smallest absolute Gasteiger partial charge is 0.265 e. The summed E-state index contributed by atoms with van der Waals surface area (Å²) in [6.45, 7) is 0.293. The predicted octanol–water partition coefficient (Wildman–Crippen LogP) is 3.15. The van der Waals surface area contributed by atoms with Crippen molar-refractivity contribution < 1.29 is 21.6 Å². The molecule has 0 unspecified atom stereocenters. The lowest BCUT2D eigenvalue weighted by Crippen LogP contribution is -2.19. The second-order valence-corrected chi connectivity index (χ2v) is 6.97. The zero-order chi connectivity index (χ0) is 18.8. The molecule has 0 amide bonds. The Kier molecular flexibility index (Phi) is 4.68. The molecule has 1 aromatic carbocycles. The fourth-order valence-corrected chi connectivity index (χ4v) is 3.51. The Morgan fingerprint density at radius 3 is 2.46 bits per heavy atom. The fraction of sp³-hybridized carbons (Fsp3) is 0.125. The number of hydrogen-bond acceptors (Lipinski definition) is 4. The first-order chi connectivity index (χ1) is 12.3. The molecule has 10 heteroatoms. The maximum Gasteiger partial charge on any atom is 0.417 e.